The van der Waals surface area contributed by atoms with E-state index in [1.54, 1.807) is 0 Å². The number of nitrogens with zero attached hydrogens (tertiary/aromatic N) is 1. The first kappa shape index (κ1) is 10.4. The molecule has 14 heavy (non-hydrogen) atoms. The molecule has 2 atom stereocenters. The Morgan fingerprint density at radius 3 is 2.43 bits per heavy atom. The largest absolute Gasteiger partial charge is 0.329 e. The van der Waals surface area contributed by atoms with E-state index in [-0.39, 0.29) is 0 Å². The molecule has 0 radical (unpaired) electrons. The Kier molecular flexibility index (Phi) is 2.85. The summed E-state index contributed by atoms with van der Waals surface area (Å²) >= 11 is 0. The molecule has 0 aromatic rings. The van der Waals surface area contributed by atoms with Crippen LogP contribution in [0.2, 0.25) is 0 Å². The Morgan fingerprint density at radius 1 is 1.36 bits per heavy atom. The molecule has 2 rings (SSSR count). The fourth-order valence-corrected chi connectivity index (χ4v) is 3.45. The van der Waals surface area contributed by atoms with Gasteiger partial charge < -0.3 is 5.73 Å². The van der Waals surface area contributed by atoms with Gasteiger partial charge in [-0.1, -0.05) is 12.8 Å². The van der Waals surface area contributed by atoms with Gasteiger partial charge in [-0.3, -0.25) is 4.90 Å². The molecule has 2 saturated carbocycles. The maximum absolute atomic E-state index is 5.73. The predicted molar refractivity (Wildman–Crippen MR) is 60.2 cm³/mol. The summed E-state index contributed by atoms with van der Waals surface area (Å²) in [6.45, 7) is 3.05. The highest BCUT2D eigenvalue weighted by molar-refractivity contribution is 5.03. The molecule has 2 aliphatic rings. The van der Waals surface area contributed by atoms with Gasteiger partial charge in [-0.2, -0.15) is 0 Å². The summed E-state index contributed by atoms with van der Waals surface area (Å²) in [4.78, 5) is 2.54. The first-order chi connectivity index (χ1) is 6.69. The van der Waals surface area contributed by atoms with Crippen molar-refractivity contribution < 1.29 is 0 Å². The van der Waals surface area contributed by atoms with Crippen molar-refractivity contribution in [3.63, 3.8) is 0 Å². The Morgan fingerprint density at radius 2 is 2.00 bits per heavy atom. The minimum absolute atomic E-state index is 0.553. The minimum atomic E-state index is 0.553. The monoisotopic (exact) mass is 196 g/mol. The Labute approximate surface area is 87.8 Å². The zero-order valence-electron chi connectivity index (χ0n) is 9.63. The number of hydrogen-bond donors (Lipinski definition) is 1. The number of likely N-dealkylation sites (N-methyl/N-ethyl adjacent to an activating group) is 1. The van der Waals surface area contributed by atoms with Gasteiger partial charge in [-0.15, -0.1) is 0 Å². The lowest BCUT2D eigenvalue weighted by Crippen LogP contribution is -2.56. The van der Waals surface area contributed by atoms with Crippen LogP contribution in [0.1, 0.15) is 45.4 Å². The molecule has 0 bridgehead atoms. The third kappa shape index (κ3) is 1.49. The first-order valence-corrected chi connectivity index (χ1v) is 6.12. The van der Waals surface area contributed by atoms with E-state index in [2.05, 4.69) is 18.9 Å². The van der Waals surface area contributed by atoms with Crippen molar-refractivity contribution in [3.8, 4) is 0 Å². The topological polar surface area (TPSA) is 29.3 Å². The van der Waals surface area contributed by atoms with E-state index in [1.807, 2.05) is 0 Å². The van der Waals surface area contributed by atoms with Crippen molar-refractivity contribution in [3.05, 3.63) is 0 Å². The van der Waals surface area contributed by atoms with Gasteiger partial charge in [0.2, 0.25) is 0 Å². The van der Waals surface area contributed by atoms with E-state index >= 15 is 0 Å². The lowest BCUT2D eigenvalue weighted by Gasteiger charge is -2.53. The van der Waals surface area contributed by atoms with Gasteiger partial charge in [-0.25, -0.2) is 0 Å². The minimum Gasteiger partial charge on any atom is -0.329 e. The summed E-state index contributed by atoms with van der Waals surface area (Å²) in [6, 6.07) is 1.39. The third-order valence-corrected chi connectivity index (χ3v) is 4.75. The van der Waals surface area contributed by atoms with Crippen LogP contribution in [0, 0.1) is 5.41 Å². The fraction of sp³-hybridized carbons (Fsp3) is 1.00. The molecule has 2 aliphatic carbocycles. The van der Waals surface area contributed by atoms with Crippen molar-refractivity contribution in [2.45, 2.75) is 57.5 Å². The van der Waals surface area contributed by atoms with Gasteiger partial charge in [-0.05, 0) is 45.1 Å². The molecule has 82 valence electrons. The standard InChI is InChI=1S/C12H24N2/c1-10(9-13)14(2)11-5-8-12(11)6-3-4-7-12/h10-11H,3-9,13H2,1-2H3. The average Bonchev–Trinajstić information content (AvgIpc) is 2.65. The highest BCUT2D eigenvalue weighted by Gasteiger charge is 2.50. The first-order valence-electron chi connectivity index (χ1n) is 6.12. The van der Waals surface area contributed by atoms with Crippen molar-refractivity contribution in [2.75, 3.05) is 13.6 Å². The van der Waals surface area contributed by atoms with Crippen LogP contribution in [0.3, 0.4) is 0 Å². The molecule has 2 unspecified atom stereocenters. The zero-order chi connectivity index (χ0) is 10.2. The molecule has 2 heteroatoms. The van der Waals surface area contributed by atoms with Crippen molar-refractivity contribution in [2.24, 2.45) is 11.1 Å². The summed E-state index contributed by atoms with van der Waals surface area (Å²) in [7, 11) is 2.27. The molecule has 0 aromatic carbocycles. The molecular formula is C12H24N2. The van der Waals surface area contributed by atoms with E-state index in [9.17, 15) is 0 Å². The third-order valence-electron chi connectivity index (χ3n) is 4.75. The average molecular weight is 196 g/mol. The number of nitrogens with two attached hydrogens (primary N) is 1. The van der Waals surface area contributed by atoms with Crippen LogP contribution in [-0.4, -0.2) is 30.6 Å². The smallest absolute Gasteiger partial charge is 0.0190 e. The summed E-state index contributed by atoms with van der Waals surface area (Å²) in [5, 5.41) is 0. The highest BCUT2D eigenvalue weighted by atomic mass is 15.2. The van der Waals surface area contributed by atoms with Crippen LogP contribution in [0.5, 0.6) is 0 Å². The van der Waals surface area contributed by atoms with Gasteiger partial charge in [0.1, 0.15) is 0 Å². The lowest BCUT2D eigenvalue weighted by molar-refractivity contribution is -0.0248. The van der Waals surface area contributed by atoms with E-state index in [1.165, 1.54) is 38.5 Å². The maximum atomic E-state index is 5.73. The SMILES string of the molecule is CC(CN)N(C)C1CCC12CCCC2. The Hall–Kier alpha value is -0.0800. The molecule has 0 saturated heterocycles. The predicted octanol–water partition coefficient (Wildman–Crippen LogP) is 1.99. The van der Waals surface area contributed by atoms with Crippen LogP contribution in [0.15, 0.2) is 0 Å². The van der Waals surface area contributed by atoms with E-state index < -0.39 is 0 Å². The second kappa shape index (κ2) is 3.82. The fourth-order valence-electron chi connectivity index (χ4n) is 3.45. The van der Waals surface area contributed by atoms with Crippen LogP contribution < -0.4 is 5.73 Å². The molecule has 2 fully saturated rings. The van der Waals surface area contributed by atoms with E-state index in [0.717, 1.165) is 12.6 Å². The summed E-state index contributed by atoms with van der Waals surface area (Å²) < 4.78 is 0. The Bertz CT molecular complexity index is 196. The molecule has 0 aromatic heterocycles. The van der Waals surface area contributed by atoms with Crippen molar-refractivity contribution in [1.82, 2.24) is 4.90 Å². The molecule has 0 amide bonds. The molecule has 0 aliphatic heterocycles. The molecule has 1 spiro atoms. The molecule has 2 N–H and O–H groups in total. The van der Waals surface area contributed by atoms with Gasteiger partial charge in [0, 0.05) is 18.6 Å². The summed E-state index contributed by atoms with van der Waals surface area (Å²) in [6.07, 6.45) is 8.74. The summed E-state index contributed by atoms with van der Waals surface area (Å²) in [5.74, 6) is 0. The number of hydrogen-bond acceptors (Lipinski definition) is 2. The van der Waals surface area contributed by atoms with E-state index in [4.69, 9.17) is 5.73 Å². The maximum Gasteiger partial charge on any atom is 0.0190 e. The molecule has 2 nitrogen and oxygen atoms in total. The van der Waals surface area contributed by atoms with Crippen LogP contribution in [-0.2, 0) is 0 Å². The van der Waals surface area contributed by atoms with Gasteiger partial charge in [0.15, 0.2) is 0 Å². The normalized spacial score (nSPS) is 32.1. The van der Waals surface area contributed by atoms with Gasteiger partial charge in [0.25, 0.3) is 0 Å². The zero-order valence-corrected chi connectivity index (χ0v) is 9.63. The number of rotatable bonds is 3. The van der Waals surface area contributed by atoms with E-state index in [0.29, 0.717) is 11.5 Å². The second-order valence-electron chi connectivity index (χ2n) is 5.37. The van der Waals surface area contributed by atoms with Crippen LogP contribution in [0.25, 0.3) is 0 Å². The van der Waals surface area contributed by atoms with Gasteiger partial charge in [0.05, 0.1) is 0 Å². The quantitative estimate of drug-likeness (QED) is 0.748. The summed E-state index contributed by atoms with van der Waals surface area (Å²) in [5.41, 5.74) is 6.44. The van der Waals surface area contributed by atoms with Crippen LogP contribution >= 0.6 is 0 Å². The van der Waals surface area contributed by atoms with Crippen molar-refractivity contribution >= 4 is 0 Å². The second-order valence-corrected chi connectivity index (χ2v) is 5.37. The highest BCUT2D eigenvalue weighted by Crippen LogP contribution is 2.55. The Balaban J connectivity index is 1.98. The van der Waals surface area contributed by atoms with Crippen molar-refractivity contribution in [1.29, 1.82) is 0 Å². The van der Waals surface area contributed by atoms with Crippen LogP contribution in [0.4, 0.5) is 0 Å². The molecular weight excluding hydrogens is 172 g/mol. The van der Waals surface area contributed by atoms with Gasteiger partial charge >= 0.3 is 0 Å². The molecule has 0 heterocycles. The lowest BCUT2D eigenvalue weighted by atomic mass is 9.62.